The van der Waals surface area contributed by atoms with Crippen LogP contribution >= 0.6 is 31.9 Å². The number of carbonyl (C=O) groups excluding carboxylic acids is 2. The van der Waals surface area contributed by atoms with E-state index >= 15 is 0 Å². The molecule has 2 aromatic rings. The average molecular weight is 411 g/mol. The van der Waals surface area contributed by atoms with E-state index in [1.807, 2.05) is 6.92 Å². The van der Waals surface area contributed by atoms with Crippen LogP contribution in [-0.4, -0.2) is 11.7 Å². The van der Waals surface area contributed by atoms with Crippen LogP contribution in [0.2, 0.25) is 0 Å². The lowest BCUT2D eigenvalue weighted by Gasteiger charge is -2.08. The summed E-state index contributed by atoms with van der Waals surface area (Å²) in [5.74, 6) is -0.203. The molecule has 0 spiro atoms. The van der Waals surface area contributed by atoms with Crippen molar-refractivity contribution in [2.75, 3.05) is 5.32 Å². The van der Waals surface area contributed by atoms with E-state index in [1.54, 1.807) is 36.4 Å². The zero-order valence-corrected chi connectivity index (χ0v) is 14.7. The predicted octanol–water partition coefficient (Wildman–Crippen LogP) is 4.97. The smallest absolute Gasteiger partial charge is 0.255 e. The van der Waals surface area contributed by atoms with E-state index in [9.17, 15) is 9.59 Å². The molecule has 0 heterocycles. The monoisotopic (exact) mass is 409 g/mol. The Labute approximate surface area is 140 Å². The topological polar surface area (TPSA) is 46.2 Å². The van der Waals surface area contributed by atoms with E-state index in [0.29, 0.717) is 16.8 Å². The first-order valence-electron chi connectivity index (χ1n) is 6.26. The second-order valence-electron chi connectivity index (χ2n) is 4.65. The Balaban J connectivity index is 2.20. The number of hydrogen-bond acceptors (Lipinski definition) is 2. The molecule has 0 radical (unpaired) electrons. The molecule has 0 unspecified atom stereocenters. The Bertz CT molecular complexity index is 686. The van der Waals surface area contributed by atoms with Gasteiger partial charge in [0.2, 0.25) is 0 Å². The van der Waals surface area contributed by atoms with Crippen molar-refractivity contribution < 1.29 is 9.59 Å². The highest BCUT2D eigenvalue weighted by atomic mass is 79.9. The van der Waals surface area contributed by atoms with E-state index in [2.05, 4.69) is 37.2 Å². The molecule has 2 aromatic carbocycles. The lowest BCUT2D eigenvalue weighted by molar-refractivity contribution is 0.101. The summed E-state index contributed by atoms with van der Waals surface area (Å²) in [6.07, 6.45) is 0. The lowest BCUT2D eigenvalue weighted by Crippen LogP contribution is -2.12. The van der Waals surface area contributed by atoms with Gasteiger partial charge in [0.25, 0.3) is 5.91 Å². The lowest BCUT2D eigenvalue weighted by atomic mass is 10.1. The summed E-state index contributed by atoms with van der Waals surface area (Å²) in [6, 6.07) is 10.4. The van der Waals surface area contributed by atoms with Gasteiger partial charge in [-0.1, -0.05) is 31.9 Å². The van der Waals surface area contributed by atoms with Gasteiger partial charge in [-0.05, 0) is 55.8 Å². The zero-order chi connectivity index (χ0) is 15.6. The van der Waals surface area contributed by atoms with Crippen molar-refractivity contribution in [1.82, 2.24) is 0 Å². The maximum Gasteiger partial charge on any atom is 0.255 e. The fourth-order valence-electron chi connectivity index (χ4n) is 1.77. The van der Waals surface area contributed by atoms with Crippen LogP contribution in [0.1, 0.15) is 33.2 Å². The molecule has 1 amide bonds. The first kappa shape index (κ1) is 15.9. The van der Waals surface area contributed by atoms with Crippen molar-refractivity contribution in [3.05, 3.63) is 62.0 Å². The van der Waals surface area contributed by atoms with Gasteiger partial charge < -0.3 is 5.32 Å². The van der Waals surface area contributed by atoms with Crippen molar-refractivity contribution in [2.45, 2.75) is 13.8 Å². The molecule has 108 valence electrons. The molecular weight excluding hydrogens is 398 g/mol. The third kappa shape index (κ3) is 3.80. The van der Waals surface area contributed by atoms with Gasteiger partial charge in [-0.25, -0.2) is 0 Å². The van der Waals surface area contributed by atoms with E-state index in [4.69, 9.17) is 0 Å². The molecule has 21 heavy (non-hydrogen) atoms. The van der Waals surface area contributed by atoms with E-state index < -0.39 is 0 Å². The van der Waals surface area contributed by atoms with Crippen molar-refractivity contribution in [3.8, 4) is 0 Å². The molecular formula is C16H13Br2NO2. The zero-order valence-electron chi connectivity index (χ0n) is 11.5. The Kier molecular flexibility index (Phi) is 4.96. The molecule has 0 fully saturated rings. The maximum absolute atomic E-state index is 12.2. The first-order valence-corrected chi connectivity index (χ1v) is 7.85. The van der Waals surface area contributed by atoms with Crippen LogP contribution in [0.15, 0.2) is 45.3 Å². The number of nitrogens with one attached hydrogen (secondary N) is 1. The van der Waals surface area contributed by atoms with Crippen LogP contribution in [0.3, 0.4) is 0 Å². The van der Waals surface area contributed by atoms with Gasteiger partial charge in [-0.3, -0.25) is 9.59 Å². The summed E-state index contributed by atoms with van der Waals surface area (Å²) in [6.45, 7) is 3.46. The number of halogens is 2. The van der Waals surface area contributed by atoms with Crippen LogP contribution in [0.25, 0.3) is 0 Å². The number of benzene rings is 2. The number of carbonyl (C=O) groups is 2. The predicted molar refractivity (Wildman–Crippen MR) is 91.0 cm³/mol. The summed E-state index contributed by atoms with van der Waals surface area (Å²) in [4.78, 5) is 23.4. The van der Waals surface area contributed by atoms with Crippen LogP contribution in [0.4, 0.5) is 5.69 Å². The largest absolute Gasteiger partial charge is 0.322 e. The Morgan fingerprint density at radius 1 is 0.952 bits per heavy atom. The Morgan fingerprint density at radius 2 is 1.48 bits per heavy atom. The Hall–Kier alpha value is -1.46. The minimum Gasteiger partial charge on any atom is -0.322 e. The molecule has 5 heteroatoms. The van der Waals surface area contributed by atoms with Gasteiger partial charge >= 0.3 is 0 Å². The second-order valence-corrected chi connectivity index (χ2v) is 6.36. The second kappa shape index (κ2) is 6.54. The molecule has 0 aliphatic carbocycles. The van der Waals surface area contributed by atoms with Crippen LogP contribution < -0.4 is 5.32 Å². The van der Waals surface area contributed by atoms with Crippen molar-refractivity contribution >= 4 is 49.2 Å². The highest BCUT2D eigenvalue weighted by Crippen LogP contribution is 2.26. The fourth-order valence-corrected chi connectivity index (χ4v) is 2.95. The Morgan fingerprint density at radius 3 is 1.95 bits per heavy atom. The van der Waals surface area contributed by atoms with Gasteiger partial charge in [0.05, 0.1) is 0 Å². The summed E-state index contributed by atoms with van der Waals surface area (Å²) < 4.78 is 1.74. The van der Waals surface area contributed by atoms with Crippen molar-refractivity contribution in [2.24, 2.45) is 0 Å². The minimum atomic E-state index is -0.202. The summed E-state index contributed by atoms with van der Waals surface area (Å²) in [7, 11) is 0. The molecule has 3 nitrogen and oxygen atoms in total. The van der Waals surface area contributed by atoms with Crippen molar-refractivity contribution in [1.29, 1.82) is 0 Å². The number of amides is 1. The standard InChI is InChI=1S/C16H13Br2NO2/c1-9-14(17)7-12(8-15(9)18)16(21)19-13-5-3-11(4-6-13)10(2)20/h3-8H,1-2H3,(H,19,21). The van der Waals surface area contributed by atoms with E-state index in [1.165, 1.54) is 6.92 Å². The molecule has 0 aliphatic rings. The highest BCUT2D eigenvalue weighted by molar-refractivity contribution is 9.11. The molecule has 2 rings (SSSR count). The third-order valence-corrected chi connectivity index (χ3v) is 4.74. The van der Waals surface area contributed by atoms with Gasteiger partial charge in [-0.15, -0.1) is 0 Å². The molecule has 0 saturated heterocycles. The highest BCUT2D eigenvalue weighted by Gasteiger charge is 2.11. The number of ketones is 1. The van der Waals surface area contributed by atoms with E-state index in [0.717, 1.165) is 14.5 Å². The molecule has 1 N–H and O–H groups in total. The molecule has 0 saturated carbocycles. The average Bonchev–Trinajstić information content (AvgIpc) is 2.44. The molecule has 0 bridgehead atoms. The number of anilines is 1. The quantitative estimate of drug-likeness (QED) is 0.725. The van der Waals surface area contributed by atoms with Crippen LogP contribution in [0.5, 0.6) is 0 Å². The van der Waals surface area contributed by atoms with Gasteiger partial charge in [0, 0.05) is 25.8 Å². The summed E-state index contributed by atoms with van der Waals surface area (Å²) >= 11 is 6.86. The molecule has 0 atom stereocenters. The van der Waals surface area contributed by atoms with Gasteiger partial charge in [-0.2, -0.15) is 0 Å². The van der Waals surface area contributed by atoms with Gasteiger partial charge in [0.1, 0.15) is 0 Å². The molecule has 0 aromatic heterocycles. The SMILES string of the molecule is CC(=O)c1ccc(NC(=O)c2cc(Br)c(C)c(Br)c2)cc1. The van der Waals surface area contributed by atoms with Crippen LogP contribution in [-0.2, 0) is 0 Å². The minimum absolute atomic E-state index is 0.000674. The number of Topliss-reactive ketones (excluding diaryl/α,β-unsaturated/α-hetero) is 1. The van der Waals surface area contributed by atoms with Crippen LogP contribution in [0, 0.1) is 6.92 Å². The third-order valence-electron chi connectivity index (χ3n) is 3.09. The first-order chi connectivity index (χ1) is 9.88. The summed E-state index contributed by atoms with van der Waals surface area (Å²) in [5, 5.41) is 2.81. The summed E-state index contributed by atoms with van der Waals surface area (Å²) in [5.41, 5.74) is 2.86. The maximum atomic E-state index is 12.2. The van der Waals surface area contributed by atoms with Gasteiger partial charge in [0.15, 0.2) is 5.78 Å². The fraction of sp³-hybridized carbons (Fsp3) is 0.125. The molecule has 0 aliphatic heterocycles. The normalized spacial score (nSPS) is 10.3. The van der Waals surface area contributed by atoms with E-state index in [-0.39, 0.29) is 11.7 Å². The number of hydrogen-bond donors (Lipinski definition) is 1. The number of rotatable bonds is 3. The van der Waals surface area contributed by atoms with Crippen molar-refractivity contribution in [3.63, 3.8) is 0 Å².